The van der Waals surface area contributed by atoms with E-state index in [4.69, 9.17) is 5.73 Å². The van der Waals surface area contributed by atoms with Gasteiger partial charge in [-0.1, -0.05) is 13.8 Å². The molecule has 2 nitrogen and oxygen atoms in total. The number of aromatic nitrogens is 1. The fraction of sp³-hybridized carbons (Fsp3) is 0.529. The Bertz CT molecular complexity index is 636. The van der Waals surface area contributed by atoms with Crippen LogP contribution in [0.5, 0.6) is 0 Å². The maximum absolute atomic E-state index is 14.3. The van der Waals surface area contributed by atoms with E-state index in [-0.39, 0.29) is 11.9 Å². The molecule has 0 unspecified atom stereocenters. The van der Waals surface area contributed by atoms with E-state index in [0.29, 0.717) is 11.8 Å². The lowest BCUT2D eigenvalue weighted by Crippen LogP contribution is -2.05. The Labute approximate surface area is 119 Å². The van der Waals surface area contributed by atoms with Crippen molar-refractivity contribution in [2.45, 2.75) is 52.1 Å². The second kappa shape index (κ2) is 4.88. The summed E-state index contributed by atoms with van der Waals surface area (Å²) in [4.78, 5) is 0. The lowest BCUT2D eigenvalue weighted by atomic mass is 10.0. The molecule has 1 saturated carbocycles. The van der Waals surface area contributed by atoms with Crippen molar-refractivity contribution in [2.75, 3.05) is 0 Å². The lowest BCUT2D eigenvalue weighted by molar-refractivity contribution is 0.533. The summed E-state index contributed by atoms with van der Waals surface area (Å²) in [6.07, 6.45) is 4.34. The predicted octanol–water partition coefficient (Wildman–Crippen LogP) is 4.33. The number of nitrogens with two attached hydrogens (primary N) is 1. The van der Waals surface area contributed by atoms with E-state index in [1.807, 2.05) is 6.92 Å². The third-order valence-corrected chi connectivity index (χ3v) is 4.10. The normalized spacial score (nSPS) is 17.1. The topological polar surface area (TPSA) is 30.9 Å². The third kappa shape index (κ3) is 2.35. The standard InChI is InChI=1S/C17H23FN2/c1-10(2)8-20-9-15(11(3)19)14-6-16(18)13(7-17(14)20)12-4-5-12/h6-7,9-12H,4-5,8,19H2,1-3H3/t11-/m1/s1. The first-order valence-corrected chi connectivity index (χ1v) is 7.55. The first-order chi connectivity index (χ1) is 9.47. The number of rotatable bonds is 4. The summed E-state index contributed by atoms with van der Waals surface area (Å²) in [6.45, 7) is 7.30. The van der Waals surface area contributed by atoms with Gasteiger partial charge in [0.1, 0.15) is 5.82 Å². The molecule has 1 aliphatic rings. The van der Waals surface area contributed by atoms with Gasteiger partial charge in [0.2, 0.25) is 0 Å². The van der Waals surface area contributed by atoms with Crippen LogP contribution < -0.4 is 5.73 Å². The van der Waals surface area contributed by atoms with Crippen molar-refractivity contribution in [1.29, 1.82) is 0 Å². The van der Waals surface area contributed by atoms with Crippen LogP contribution in [-0.4, -0.2) is 4.57 Å². The maximum atomic E-state index is 14.3. The van der Waals surface area contributed by atoms with Gasteiger partial charge in [-0.3, -0.25) is 0 Å². The number of hydrogen-bond acceptors (Lipinski definition) is 1. The van der Waals surface area contributed by atoms with Crippen molar-refractivity contribution < 1.29 is 4.39 Å². The molecule has 3 heteroatoms. The number of hydrogen-bond donors (Lipinski definition) is 1. The first-order valence-electron chi connectivity index (χ1n) is 7.55. The minimum absolute atomic E-state index is 0.0656. The molecule has 1 atom stereocenters. The molecule has 2 N–H and O–H groups in total. The van der Waals surface area contributed by atoms with Gasteiger partial charge >= 0.3 is 0 Å². The van der Waals surface area contributed by atoms with Gasteiger partial charge in [0, 0.05) is 29.7 Å². The minimum atomic E-state index is -0.0721. The molecule has 0 aliphatic heterocycles. The highest BCUT2D eigenvalue weighted by atomic mass is 19.1. The molecule has 2 aromatic rings. The van der Waals surface area contributed by atoms with Crippen LogP contribution in [0.3, 0.4) is 0 Å². The molecule has 0 spiro atoms. The van der Waals surface area contributed by atoms with E-state index in [1.165, 1.54) is 0 Å². The van der Waals surface area contributed by atoms with Crippen LogP contribution in [0, 0.1) is 11.7 Å². The van der Waals surface area contributed by atoms with E-state index >= 15 is 0 Å². The van der Waals surface area contributed by atoms with E-state index in [9.17, 15) is 4.39 Å². The summed E-state index contributed by atoms with van der Waals surface area (Å²) >= 11 is 0. The molecule has 1 heterocycles. The zero-order chi connectivity index (χ0) is 14.4. The average Bonchev–Trinajstić information content (AvgIpc) is 3.13. The van der Waals surface area contributed by atoms with E-state index in [1.54, 1.807) is 6.07 Å². The highest BCUT2D eigenvalue weighted by Crippen LogP contribution is 2.43. The molecule has 0 amide bonds. The van der Waals surface area contributed by atoms with Crippen LogP contribution >= 0.6 is 0 Å². The Morgan fingerprint density at radius 1 is 1.30 bits per heavy atom. The summed E-state index contributed by atoms with van der Waals surface area (Å²) in [5.41, 5.74) is 9.11. The van der Waals surface area contributed by atoms with Crippen molar-refractivity contribution in [3.63, 3.8) is 0 Å². The molecular weight excluding hydrogens is 251 g/mol. The summed E-state index contributed by atoms with van der Waals surface area (Å²) in [5.74, 6) is 0.922. The monoisotopic (exact) mass is 274 g/mol. The summed E-state index contributed by atoms with van der Waals surface area (Å²) in [7, 11) is 0. The highest BCUT2D eigenvalue weighted by molar-refractivity contribution is 5.85. The fourth-order valence-electron chi connectivity index (χ4n) is 2.97. The van der Waals surface area contributed by atoms with Gasteiger partial charge in [-0.25, -0.2) is 4.39 Å². The Balaban J connectivity index is 2.19. The van der Waals surface area contributed by atoms with Gasteiger partial charge in [-0.05, 0) is 54.9 Å². The van der Waals surface area contributed by atoms with Gasteiger partial charge in [0.15, 0.2) is 0 Å². The number of fused-ring (bicyclic) bond motifs is 1. The maximum Gasteiger partial charge on any atom is 0.127 e. The fourth-order valence-corrected chi connectivity index (χ4v) is 2.97. The van der Waals surface area contributed by atoms with Gasteiger partial charge in [0.05, 0.1) is 0 Å². The van der Waals surface area contributed by atoms with E-state index in [0.717, 1.165) is 41.4 Å². The summed E-state index contributed by atoms with van der Waals surface area (Å²) in [6, 6.07) is 3.67. The Hall–Kier alpha value is -1.35. The van der Waals surface area contributed by atoms with Crippen LogP contribution in [0.1, 0.15) is 56.7 Å². The molecule has 0 bridgehead atoms. The van der Waals surface area contributed by atoms with Crippen molar-refractivity contribution in [3.8, 4) is 0 Å². The minimum Gasteiger partial charge on any atom is -0.347 e. The molecule has 1 aliphatic carbocycles. The van der Waals surface area contributed by atoms with Crippen LogP contribution in [0.4, 0.5) is 4.39 Å². The SMILES string of the molecule is CC(C)Cn1cc([C@@H](C)N)c2cc(F)c(C3CC3)cc21. The van der Waals surface area contributed by atoms with Crippen LogP contribution in [-0.2, 0) is 6.54 Å². The van der Waals surface area contributed by atoms with Crippen LogP contribution in [0.25, 0.3) is 10.9 Å². The van der Waals surface area contributed by atoms with E-state index < -0.39 is 0 Å². The molecule has 1 aromatic heterocycles. The van der Waals surface area contributed by atoms with Crippen molar-refractivity contribution in [3.05, 3.63) is 35.3 Å². The van der Waals surface area contributed by atoms with Gasteiger partial charge < -0.3 is 10.3 Å². The molecule has 0 radical (unpaired) electrons. The Morgan fingerprint density at radius 3 is 2.55 bits per heavy atom. The Morgan fingerprint density at radius 2 is 2.00 bits per heavy atom. The molecule has 20 heavy (non-hydrogen) atoms. The second-order valence-corrected chi connectivity index (χ2v) is 6.58. The predicted molar refractivity (Wildman–Crippen MR) is 81.3 cm³/mol. The molecule has 108 valence electrons. The lowest BCUT2D eigenvalue weighted by Gasteiger charge is -2.09. The summed E-state index contributed by atoms with van der Waals surface area (Å²) in [5, 5.41) is 0.975. The van der Waals surface area contributed by atoms with E-state index in [2.05, 4.69) is 30.7 Å². The van der Waals surface area contributed by atoms with Crippen molar-refractivity contribution in [2.24, 2.45) is 11.7 Å². The third-order valence-electron chi connectivity index (χ3n) is 4.10. The molecular formula is C17H23FN2. The number of nitrogens with zero attached hydrogens (tertiary/aromatic N) is 1. The zero-order valence-electron chi connectivity index (χ0n) is 12.5. The zero-order valence-corrected chi connectivity index (χ0v) is 12.5. The second-order valence-electron chi connectivity index (χ2n) is 6.58. The van der Waals surface area contributed by atoms with Crippen molar-refractivity contribution in [1.82, 2.24) is 4.57 Å². The first kappa shape index (κ1) is 13.6. The quantitative estimate of drug-likeness (QED) is 0.883. The smallest absolute Gasteiger partial charge is 0.127 e. The van der Waals surface area contributed by atoms with Gasteiger partial charge in [-0.15, -0.1) is 0 Å². The molecule has 0 saturated heterocycles. The molecule has 3 rings (SSSR count). The average molecular weight is 274 g/mol. The van der Waals surface area contributed by atoms with Gasteiger partial charge in [0.25, 0.3) is 0 Å². The van der Waals surface area contributed by atoms with Crippen molar-refractivity contribution >= 4 is 10.9 Å². The Kier molecular flexibility index (Phi) is 3.33. The van der Waals surface area contributed by atoms with Gasteiger partial charge in [-0.2, -0.15) is 0 Å². The highest BCUT2D eigenvalue weighted by Gasteiger charge is 2.28. The van der Waals surface area contributed by atoms with Crippen LogP contribution in [0.15, 0.2) is 18.3 Å². The summed E-state index contributed by atoms with van der Waals surface area (Å²) < 4.78 is 16.5. The van der Waals surface area contributed by atoms with Crippen LogP contribution in [0.2, 0.25) is 0 Å². The molecule has 1 fully saturated rings. The largest absolute Gasteiger partial charge is 0.347 e. The number of benzene rings is 1. The molecule has 1 aromatic carbocycles. The number of halogens is 1.